The minimum Gasteiger partial charge on any atom is -0.252 e. The van der Waals surface area contributed by atoms with Gasteiger partial charge in [-0.2, -0.15) is 0 Å². The zero-order valence-corrected chi connectivity index (χ0v) is 7.31. The third-order valence-corrected chi connectivity index (χ3v) is 1.33. The van der Waals surface area contributed by atoms with Gasteiger partial charge in [0.1, 0.15) is 0 Å². The first-order chi connectivity index (χ1) is 5.08. The van der Waals surface area contributed by atoms with Gasteiger partial charge in [-0.1, -0.05) is 32.2 Å². The van der Waals surface area contributed by atoms with Crippen LogP contribution in [-0.2, 0) is 0 Å². The fourth-order valence-electron chi connectivity index (χ4n) is 0.955. The molecule has 0 N–H and O–H groups in total. The van der Waals surface area contributed by atoms with Crippen LogP contribution in [0.4, 0.5) is 0 Å². The lowest BCUT2D eigenvalue weighted by Gasteiger charge is -2.17. The summed E-state index contributed by atoms with van der Waals surface area (Å²) in [6.45, 7) is 6.60. The van der Waals surface area contributed by atoms with E-state index in [4.69, 9.17) is 0 Å². The Bertz CT molecular complexity index is 264. The first kappa shape index (κ1) is 8.07. The van der Waals surface area contributed by atoms with Crippen molar-refractivity contribution in [1.82, 2.24) is 0 Å². The number of hydrogen-bond donors (Lipinski definition) is 0. The molecule has 0 aromatic heterocycles. The second kappa shape index (κ2) is 2.92. The molecule has 0 aromatic carbocycles. The van der Waals surface area contributed by atoms with Gasteiger partial charge in [0.15, 0.2) is 0 Å². The Kier molecular flexibility index (Phi) is 2.14. The highest BCUT2D eigenvalue weighted by molar-refractivity contribution is 5.95. The molecule has 0 fully saturated rings. The quantitative estimate of drug-likeness (QED) is 0.506. The summed E-state index contributed by atoms with van der Waals surface area (Å²) in [6, 6.07) is 0. The fourth-order valence-corrected chi connectivity index (χ4v) is 0.955. The van der Waals surface area contributed by atoms with Crippen molar-refractivity contribution >= 4 is 5.71 Å². The summed E-state index contributed by atoms with van der Waals surface area (Å²) in [5, 5.41) is 0. The van der Waals surface area contributed by atoms with Gasteiger partial charge in [0.2, 0.25) is 0 Å². The molecule has 1 heterocycles. The van der Waals surface area contributed by atoms with Crippen LogP contribution in [0, 0.1) is 5.41 Å². The lowest BCUT2D eigenvalue weighted by atomic mass is 9.89. The molecule has 1 aliphatic rings. The summed E-state index contributed by atoms with van der Waals surface area (Å²) in [5.41, 5.74) is 7.08. The van der Waals surface area contributed by atoms with Gasteiger partial charge in [0, 0.05) is 11.8 Å². The van der Waals surface area contributed by atoms with E-state index in [9.17, 15) is 0 Å². The molecule has 0 saturated carbocycles. The van der Waals surface area contributed by atoms with Crippen LogP contribution in [0.15, 0.2) is 28.7 Å². The highest BCUT2D eigenvalue weighted by atomic mass is 14.7. The van der Waals surface area contributed by atoms with Gasteiger partial charge in [0.05, 0.1) is 6.20 Å². The van der Waals surface area contributed by atoms with E-state index in [-0.39, 0.29) is 0 Å². The standard InChI is InChI=1S/C10H13N/c1-10(2,3)8-9-6-4-5-7-11-9/h6-7H,8H2,1-3H3. The minimum atomic E-state index is 0.308. The van der Waals surface area contributed by atoms with Crippen molar-refractivity contribution in [1.29, 1.82) is 0 Å². The maximum absolute atomic E-state index is 4.18. The average Bonchev–Trinajstić information content (AvgIpc) is 1.85. The van der Waals surface area contributed by atoms with E-state index < -0.39 is 0 Å². The van der Waals surface area contributed by atoms with Crippen molar-refractivity contribution in [2.24, 2.45) is 10.4 Å². The number of rotatable bonds is 1. The van der Waals surface area contributed by atoms with Crippen LogP contribution in [0.25, 0.3) is 0 Å². The first-order valence-corrected chi connectivity index (χ1v) is 3.80. The summed E-state index contributed by atoms with van der Waals surface area (Å²) in [6.07, 6.45) is 4.56. The molecule has 0 amide bonds. The monoisotopic (exact) mass is 147 g/mol. The van der Waals surface area contributed by atoms with Crippen molar-refractivity contribution in [2.75, 3.05) is 0 Å². The Morgan fingerprint density at radius 2 is 2.09 bits per heavy atom. The first-order valence-electron chi connectivity index (χ1n) is 3.80. The fraction of sp³-hybridized carbons (Fsp3) is 0.500. The van der Waals surface area contributed by atoms with Crippen LogP contribution in [0.3, 0.4) is 0 Å². The van der Waals surface area contributed by atoms with Gasteiger partial charge in [-0.25, -0.2) is 0 Å². The SMILES string of the molecule is CC(C)(C)CC1=NC=C=C=C1. The summed E-state index contributed by atoms with van der Waals surface area (Å²) >= 11 is 0. The van der Waals surface area contributed by atoms with E-state index in [0.717, 1.165) is 12.1 Å². The van der Waals surface area contributed by atoms with Crippen LogP contribution in [0.2, 0.25) is 0 Å². The molecule has 1 nitrogen and oxygen atoms in total. The summed E-state index contributed by atoms with van der Waals surface area (Å²) < 4.78 is 0. The number of aliphatic imine (C=N–C) groups is 1. The lowest BCUT2D eigenvalue weighted by Crippen LogP contribution is -2.11. The second-order valence-electron chi connectivity index (χ2n) is 3.92. The van der Waals surface area contributed by atoms with Crippen molar-refractivity contribution < 1.29 is 0 Å². The molecule has 0 saturated heterocycles. The molecular formula is C10H13N. The van der Waals surface area contributed by atoms with E-state index in [1.807, 2.05) is 6.08 Å². The Morgan fingerprint density at radius 3 is 2.55 bits per heavy atom. The smallest absolute Gasteiger partial charge is 0.0773 e. The number of nitrogens with zero attached hydrogens (tertiary/aromatic N) is 1. The Morgan fingerprint density at radius 1 is 1.36 bits per heavy atom. The van der Waals surface area contributed by atoms with Gasteiger partial charge in [0.25, 0.3) is 0 Å². The highest BCUT2D eigenvalue weighted by Crippen LogP contribution is 2.19. The van der Waals surface area contributed by atoms with Crippen molar-refractivity contribution in [3.63, 3.8) is 0 Å². The number of allylic oxidation sites excluding steroid dienone is 1. The highest BCUT2D eigenvalue weighted by Gasteiger charge is 2.12. The van der Waals surface area contributed by atoms with Crippen molar-refractivity contribution in [2.45, 2.75) is 27.2 Å². The summed E-state index contributed by atoms with van der Waals surface area (Å²) in [4.78, 5) is 4.18. The molecule has 11 heavy (non-hydrogen) atoms. The largest absolute Gasteiger partial charge is 0.252 e. The third-order valence-electron chi connectivity index (χ3n) is 1.33. The third kappa shape index (κ3) is 3.04. The minimum absolute atomic E-state index is 0.308. The molecule has 0 atom stereocenters. The molecule has 1 heteroatoms. The van der Waals surface area contributed by atoms with Crippen LogP contribution in [0.1, 0.15) is 27.2 Å². The average molecular weight is 147 g/mol. The van der Waals surface area contributed by atoms with Crippen molar-refractivity contribution in [3.8, 4) is 0 Å². The Hall–Kier alpha value is -1.03. The molecule has 0 spiro atoms. The van der Waals surface area contributed by atoms with Crippen LogP contribution in [0.5, 0.6) is 0 Å². The van der Waals surface area contributed by atoms with Gasteiger partial charge in [-0.3, -0.25) is 4.99 Å². The molecule has 1 aliphatic heterocycles. The van der Waals surface area contributed by atoms with Crippen molar-refractivity contribution in [3.05, 3.63) is 23.7 Å². The predicted molar refractivity (Wildman–Crippen MR) is 47.7 cm³/mol. The molecular weight excluding hydrogens is 134 g/mol. The van der Waals surface area contributed by atoms with Gasteiger partial charge < -0.3 is 0 Å². The maximum Gasteiger partial charge on any atom is 0.0773 e. The molecule has 0 bridgehead atoms. The molecule has 0 unspecified atom stereocenters. The number of hydrogen-bond acceptors (Lipinski definition) is 1. The van der Waals surface area contributed by atoms with E-state index in [1.54, 1.807) is 6.20 Å². The molecule has 58 valence electrons. The van der Waals surface area contributed by atoms with Crippen LogP contribution < -0.4 is 0 Å². The second-order valence-corrected chi connectivity index (χ2v) is 3.92. The Balaban J connectivity index is 2.61. The zero-order chi connectivity index (χ0) is 8.32. The Labute approximate surface area is 67.8 Å². The zero-order valence-electron chi connectivity index (χ0n) is 7.31. The lowest BCUT2D eigenvalue weighted by molar-refractivity contribution is 0.434. The van der Waals surface area contributed by atoms with Gasteiger partial charge >= 0.3 is 0 Å². The molecule has 1 rings (SSSR count). The molecule has 0 radical (unpaired) electrons. The summed E-state index contributed by atoms with van der Waals surface area (Å²) in [7, 11) is 0. The van der Waals surface area contributed by atoms with Crippen LogP contribution in [-0.4, -0.2) is 5.71 Å². The molecule has 0 aliphatic carbocycles. The normalized spacial score (nSPS) is 15.4. The van der Waals surface area contributed by atoms with Crippen LogP contribution >= 0.6 is 0 Å². The van der Waals surface area contributed by atoms with E-state index in [0.29, 0.717) is 5.41 Å². The van der Waals surface area contributed by atoms with Gasteiger partial charge in [-0.15, -0.1) is 0 Å². The van der Waals surface area contributed by atoms with E-state index in [1.165, 1.54) is 0 Å². The summed E-state index contributed by atoms with van der Waals surface area (Å²) in [5.74, 6) is 0. The molecule has 0 aromatic rings. The maximum atomic E-state index is 4.18. The predicted octanol–water partition coefficient (Wildman–Crippen LogP) is 2.70. The van der Waals surface area contributed by atoms with Gasteiger partial charge in [-0.05, 0) is 11.8 Å². The van der Waals surface area contributed by atoms with E-state index >= 15 is 0 Å². The topological polar surface area (TPSA) is 12.4 Å². The van der Waals surface area contributed by atoms with E-state index in [2.05, 4.69) is 37.2 Å².